The summed E-state index contributed by atoms with van der Waals surface area (Å²) in [6.07, 6.45) is 0.861. The van der Waals surface area contributed by atoms with E-state index in [1.807, 2.05) is 24.3 Å². The van der Waals surface area contributed by atoms with Gasteiger partial charge in [-0.05, 0) is 42.8 Å². The summed E-state index contributed by atoms with van der Waals surface area (Å²) < 4.78 is 1.02. The van der Waals surface area contributed by atoms with Crippen LogP contribution in [-0.4, -0.2) is 10.9 Å². The number of halogens is 2. The lowest BCUT2D eigenvalue weighted by Crippen LogP contribution is -2.11. The van der Waals surface area contributed by atoms with Gasteiger partial charge in [0.25, 0.3) is 5.91 Å². The summed E-state index contributed by atoms with van der Waals surface area (Å²) in [7, 11) is 0. The van der Waals surface area contributed by atoms with Gasteiger partial charge < -0.3 is 0 Å². The standard InChI is InChI=1S/C18H14BrClN2OS/c1-2-15-16(11-3-7-13(19)8-4-11)21-18(24-15)22-17(23)12-5-9-14(20)10-6-12/h3-10H,2H2,1H3,(H,21,22,23). The minimum atomic E-state index is -0.189. The van der Waals surface area contributed by atoms with Crippen LogP contribution in [-0.2, 0) is 6.42 Å². The molecule has 0 aliphatic heterocycles. The molecular weight excluding hydrogens is 408 g/mol. The molecule has 3 rings (SSSR count). The van der Waals surface area contributed by atoms with Gasteiger partial charge in [0.15, 0.2) is 5.13 Å². The van der Waals surface area contributed by atoms with E-state index in [2.05, 4.69) is 33.2 Å². The molecule has 0 saturated heterocycles. The summed E-state index contributed by atoms with van der Waals surface area (Å²) in [5.74, 6) is -0.189. The molecule has 24 heavy (non-hydrogen) atoms. The number of benzene rings is 2. The van der Waals surface area contributed by atoms with E-state index >= 15 is 0 Å². The molecule has 2 aromatic carbocycles. The van der Waals surface area contributed by atoms with Crippen molar-refractivity contribution in [1.82, 2.24) is 4.98 Å². The smallest absolute Gasteiger partial charge is 0.257 e. The molecule has 1 N–H and O–H groups in total. The fraction of sp³-hybridized carbons (Fsp3) is 0.111. The number of hydrogen-bond donors (Lipinski definition) is 1. The molecule has 1 aromatic heterocycles. The van der Waals surface area contributed by atoms with Crippen LogP contribution in [0.15, 0.2) is 53.0 Å². The van der Waals surface area contributed by atoms with Gasteiger partial charge in [-0.3, -0.25) is 10.1 Å². The van der Waals surface area contributed by atoms with Gasteiger partial charge in [-0.2, -0.15) is 0 Å². The third-order valence-corrected chi connectivity index (χ3v) is 5.36. The van der Waals surface area contributed by atoms with E-state index < -0.39 is 0 Å². The molecule has 0 bridgehead atoms. The van der Waals surface area contributed by atoms with Gasteiger partial charge in [-0.1, -0.05) is 46.6 Å². The molecule has 0 saturated carbocycles. The van der Waals surface area contributed by atoms with Gasteiger partial charge in [0.2, 0.25) is 0 Å². The Labute approximate surface area is 157 Å². The number of carbonyl (C=O) groups excluding carboxylic acids is 1. The monoisotopic (exact) mass is 420 g/mol. The highest BCUT2D eigenvalue weighted by atomic mass is 79.9. The van der Waals surface area contributed by atoms with Crippen molar-refractivity contribution in [2.75, 3.05) is 5.32 Å². The van der Waals surface area contributed by atoms with E-state index in [0.717, 1.165) is 27.0 Å². The number of aryl methyl sites for hydroxylation is 1. The van der Waals surface area contributed by atoms with E-state index in [1.165, 1.54) is 11.3 Å². The van der Waals surface area contributed by atoms with Crippen molar-refractivity contribution in [1.29, 1.82) is 0 Å². The van der Waals surface area contributed by atoms with Gasteiger partial charge >= 0.3 is 0 Å². The van der Waals surface area contributed by atoms with Gasteiger partial charge in [-0.25, -0.2) is 4.98 Å². The predicted molar refractivity (Wildman–Crippen MR) is 104 cm³/mol. The van der Waals surface area contributed by atoms with Crippen LogP contribution in [0.4, 0.5) is 5.13 Å². The van der Waals surface area contributed by atoms with Crippen molar-refractivity contribution in [2.24, 2.45) is 0 Å². The third-order valence-electron chi connectivity index (χ3n) is 3.46. The molecule has 3 nitrogen and oxygen atoms in total. The molecule has 0 radical (unpaired) electrons. The first-order chi connectivity index (χ1) is 11.6. The van der Waals surface area contributed by atoms with E-state index in [0.29, 0.717) is 15.7 Å². The van der Waals surface area contributed by atoms with E-state index in [4.69, 9.17) is 11.6 Å². The summed E-state index contributed by atoms with van der Waals surface area (Å²) in [5, 5.41) is 4.07. The molecule has 1 amide bonds. The van der Waals surface area contributed by atoms with Crippen molar-refractivity contribution in [3.63, 3.8) is 0 Å². The lowest BCUT2D eigenvalue weighted by atomic mass is 10.1. The molecule has 0 atom stereocenters. The van der Waals surface area contributed by atoms with Gasteiger partial charge in [0.05, 0.1) is 5.69 Å². The van der Waals surface area contributed by atoms with Crippen molar-refractivity contribution in [2.45, 2.75) is 13.3 Å². The Morgan fingerprint density at radius 2 is 1.83 bits per heavy atom. The number of nitrogens with zero attached hydrogens (tertiary/aromatic N) is 1. The van der Waals surface area contributed by atoms with Crippen LogP contribution < -0.4 is 5.32 Å². The highest BCUT2D eigenvalue weighted by molar-refractivity contribution is 9.10. The molecule has 0 fully saturated rings. The largest absolute Gasteiger partial charge is 0.298 e. The average Bonchev–Trinajstić information content (AvgIpc) is 2.99. The molecule has 6 heteroatoms. The molecule has 122 valence electrons. The third kappa shape index (κ3) is 3.86. The molecule has 0 spiro atoms. The quantitative estimate of drug-likeness (QED) is 0.558. The zero-order valence-electron chi connectivity index (χ0n) is 12.8. The Kier molecular flexibility index (Phi) is 5.33. The van der Waals surface area contributed by atoms with E-state index in [1.54, 1.807) is 24.3 Å². The van der Waals surface area contributed by atoms with Crippen LogP contribution in [0.5, 0.6) is 0 Å². The normalized spacial score (nSPS) is 10.6. The van der Waals surface area contributed by atoms with Crippen LogP contribution in [0.1, 0.15) is 22.2 Å². The minimum Gasteiger partial charge on any atom is -0.298 e. The van der Waals surface area contributed by atoms with Crippen molar-refractivity contribution < 1.29 is 4.79 Å². The van der Waals surface area contributed by atoms with Crippen molar-refractivity contribution in [3.05, 3.63) is 68.5 Å². The van der Waals surface area contributed by atoms with Crippen LogP contribution in [0.2, 0.25) is 5.02 Å². The minimum absolute atomic E-state index is 0.189. The number of nitrogens with one attached hydrogen (secondary N) is 1. The highest BCUT2D eigenvalue weighted by Gasteiger charge is 2.14. The van der Waals surface area contributed by atoms with Crippen LogP contribution >= 0.6 is 38.9 Å². The van der Waals surface area contributed by atoms with Gasteiger partial charge in [0, 0.05) is 25.5 Å². The summed E-state index contributed by atoms with van der Waals surface area (Å²) in [5.41, 5.74) is 2.51. The summed E-state index contributed by atoms with van der Waals surface area (Å²) in [4.78, 5) is 18.1. The number of aromatic nitrogens is 1. The lowest BCUT2D eigenvalue weighted by Gasteiger charge is -2.01. The molecule has 0 aliphatic rings. The Bertz CT molecular complexity index is 860. The summed E-state index contributed by atoms with van der Waals surface area (Å²) >= 11 is 10.8. The number of carbonyl (C=O) groups is 1. The maximum Gasteiger partial charge on any atom is 0.257 e. The molecule has 0 aliphatic carbocycles. The summed E-state index contributed by atoms with van der Waals surface area (Å²) in [6, 6.07) is 14.8. The molecule has 0 unspecified atom stereocenters. The second kappa shape index (κ2) is 7.47. The molecular formula is C18H14BrClN2OS. The van der Waals surface area contributed by atoms with Crippen LogP contribution in [0.3, 0.4) is 0 Å². The van der Waals surface area contributed by atoms with Crippen molar-refractivity contribution >= 4 is 49.9 Å². The van der Waals surface area contributed by atoms with E-state index in [9.17, 15) is 4.79 Å². The van der Waals surface area contributed by atoms with Gasteiger partial charge in [0.1, 0.15) is 0 Å². The Morgan fingerprint density at radius 1 is 1.17 bits per heavy atom. The van der Waals surface area contributed by atoms with Crippen LogP contribution in [0.25, 0.3) is 11.3 Å². The first-order valence-corrected chi connectivity index (χ1v) is 9.38. The lowest BCUT2D eigenvalue weighted by molar-refractivity contribution is 0.102. The topological polar surface area (TPSA) is 42.0 Å². The molecule has 3 aromatic rings. The zero-order chi connectivity index (χ0) is 17.1. The fourth-order valence-corrected chi connectivity index (χ4v) is 3.56. The zero-order valence-corrected chi connectivity index (χ0v) is 16.0. The number of hydrogen-bond acceptors (Lipinski definition) is 3. The Balaban J connectivity index is 1.85. The van der Waals surface area contributed by atoms with Crippen LogP contribution in [0, 0.1) is 0 Å². The maximum atomic E-state index is 12.3. The maximum absolute atomic E-state index is 12.3. The first kappa shape index (κ1) is 17.1. The van der Waals surface area contributed by atoms with Crippen molar-refractivity contribution in [3.8, 4) is 11.3 Å². The SMILES string of the molecule is CCc1sc(NC(=O)c2ccc(Cl)cc2)nc1-c1ccc(Br)cc1. The average molecular weight is 422 g/mol. The van der Waals surface area contributed by atoms with E-state index in [-0.39, 0.29) is 5.91 Å². The second-order valence-corrected chi connectivity index (χ2v) is 7.55. The summed E-state index contributed by atoms with van der Waals surface area (Å²) in [6.45, 7) is 2.08. The Morgan fingerprint density at radius 3 is 2.46 bits per heavy atom. The first-order valence-electron chi connectivity index (χ1n) is 7.39. The number of rotatable bonds is 4. The number of thiazole rings is 1. The number of anilines is 1. The van der Waals surface area contributed by atoms with Gasteiger partial charge in [-0.15, -0.1) is 11.3 Å². The Hall–Kier alpha value is -1.69. The number of amides is 1. The second-order valence-electron chi connectivity index (χ2n) is 5.11. The molecule has 1 heterocycles. The highest BCUT2D eigenvalue weighted by Crippen LogP contribution is 2.32. The predicted octanol–water partition coefficient (Wildman–Crippen LogP) is 6.04. The fourth-order valence-electron chi connectivity index (χ4n) is 2.25.